The van der Waals surface area contributed by atoms with Crippen molar-refractivity contribution < 1.29 is 24.0 Å². The maximum absolute atomic E-state index is 13.3. The number of hydrogen-bond acceptors (Lipinski definition) is 5. The van der Waals surface area contributed by atoms with Gasteiger partial charge in [0, 0.05) is 42.2 Å². The summed E-state index contributed by atoms with van der Waals surface area (Å²) in [6.07, 6.45) is 3.74. The Kier molecular flexibility index (Phi) is 11.8. The van der Waals surface area contributed by atoms with Crippen LogP contribution in [-0.4, -0.2) is 66.0 Å². The maximum atomic E-state index is 13.3. The van der Waals surface area contributed by atoms with E-state index in [0.717, 1.165) is 6.42 Å². The maximum Gasteiger partial charge on any atom is 0.292 e. The van der Waals surface area contributed by atoms with Gasteiger partial charge in [-0.3, -0.25) is 24.0 Å². The minimum atomic E-state index is -1.19. The van der Waals surface area contributed by atoms with E-state index in [1.165, 1.54) is 17.1 Å². The molecule has 1 aliphatic heterocycles. The Morgan fingerprint density at radius 3 is 2.29 bits per heavy atom. The zero-order valence-electron chi connectivity index (χ0n) is 22.2. The number of benzene rings is 1. The van der Waals surface area contributed by atoms with Crippen molar-refractivity contribution in [1.82, 2.24) is 20.9 Å². The third-order valence-corrected chi connectivity index (χ3v) is 6.41. The van der Waals surface area contributed by atoms with Crippen LogP contribution in [0.1, 0.15) is 58.9 Å². The normalized spacial score (nSPS) is 14.8. The lowest BCUT2D eigenvalue weighted by Gasteiger charge is -2.32. The van der Waals surface area contributed by atoms with Gasteiger partial charge in [0.15, 0.2) is 0 Å². The summed E-state index contributed by atoms with van der Waals surface area (Å²) in [7, 11) is 0. The topological polar surface area (TPSA) is 125 Å². The van der Waals surface area contributed by atoms with E-state index in [1.807, 2.05) is 20.8 Å². The summed E-state index contributed by atoms with van der Waals surface area (Å²) in [6.45, 7) is 8.88. The Morgan fingerprint density at radius 1 is 1.05 bits per heavy atom. The van der Waals surface area contributed by atoms with E-state index < -0.39 is 35.6 Å². The molecule has 0 spiro atoms. The van der Waals surface area contributed by atoms with Crippen LogP contribution < -0.4 is 16.0 Å². The zero-order valence-corrected chi connectivity index (χ0v) is 23.7. The molecule has 38 heavy (non-hydrogen) atoms. The summed E-state index contributed by atoms with van der Waals surface area (Å²) in [5.74, 6) is -2.90. The summed E-state index contributed by atoms with van der Waals surface area (Å²) >= 11 is 12.1. The average Bonchev–Trinajstić information content (AvgIpc) is 2.78. The summed E-state index contributed by atoms with van der Waals surface area (Å²) in [6, 6.07) is 2.66. The van der Waals surface area contributed by atoms with E-state index >= 15 is 0 Å². The van der Waals surface area contributed by atoms with Gasteiger partial charge < -0.3 is 20.9 Å². The highest BCUT2D eigenvalue weighted by Gasteiger charge is 2.35. The molecule has 1 unspecified atom stereocenters. The van der Waals surface area contributed by atoms with Gasteiger partial charge in [0.25, 0.3) is 5.91 Å². The monoisotopic (exact) mass is 566 g/mol. The van der Waals surface area contributed by atoms with Crippen molar-refractivity contribution in [3.05, 3.63) is 39.9 Å². The highest BCUT2D eigenvalue weighted by molar-refractivity contribution is 6.38. The number of halogens is 2. The van der Waals surface area contributed by atoms with Crippen molar-refractivity contribution in [2.24, 2.45) is 5.41 Å². The Balaban J connectivity index is 2.17. The van der Waals surface area contributed by atoms with E-state index in [1.54, 1.807) is 25.1 Å². The lowest BCUT2D eigenvalue weighted by Crippen LogP contribution is -2.56. The first-order valence-corrected chi connectivity index (χ1v) is 13.4. The van der Waals surface area contributed by atoms with Crippen LogP contribution in [0.5, 0.6) is 0 Å². The second kappa shape index (κ2) is 14.3. The van der Waals surface area contributed by atoms with Crippen molar-refractivity contribution in [2.45, 2.75) is 65.5 Å². The van der Waals surface area contributed by atoms with Crippen molar-refractivity contribution in [2.75, 3.05) is 19.6 Å². The van der Waals surface area contributed by atoms with Gasteiger partial charge in [-0.2, -0.15) is 0 Å². The van der Waals surface area contributed by atoms with Crippen molar-refractivity contribution >= 4 is 58.7 Å². The molecule has 9 nitrogen and oxygen atoms in total. The van der Waals surface area contributed by atoms with Crippen LogP contribution in [0.2, 0.25) is 10.0 Å². The molecular formula is C27H36Cl2N4O5. The summed E-state index contributed by atoms with van der Waals surface area (Å²) in [5.41, 5.74) is 0.218. The van der Waals surface area contributed by atoms with E-state index in [-0.39, 0.29) is 30.6 Å². The number of Topliss-reactive ketones (excluding diaryl/α,β-unsaturated/α-hetero) is 1. The molecule has 4 amide bonds. The lowest BCUT2D eigenvalue weighted by atomic mass is 9.87. The summed E-state index contributed by atoms with van der Waals surface area (Å²) < 4.78 is 0. The Hall–Kier alpha value is -2.91. The van der Waals surface area contributed by atoms with Crippen LogP contribution in [0.4, 0.5) is 0 Å². The second-order valence-electron chi connectivity index (χ2n) is 10.4. The molecule has 3 N–H and O–H groups in total. The molecule has 1 fully saturated rings. The van der Waals surface area contributed by atoms with E-state index in [4.69, 9.17) is 23.2 Å². The number of nitrogens with zero attached hydrogens (tertiary/aromatic N) is 1. The predicted molar refractivity (Wildman–Crippen MR) is 148 cm³/mol. The lowest BCUT2D eigenvalue weighted by molar-refractivity contribution is -0.148. The number of rotatable bonds is 12. The molecule has 1 heterocycles. The molecule has 1 aromatic carbocycles. The number of carbonyl (C=O) groups is 5. The number of carbonyl (C=O) groups excluding carboxylic acids is 5. The zero-order chi connectivity index (χ0) is 28.5. The van der Waals surface area contributed by atoms with Crippen LogP contribution in [0, 0.1) is 5.41 Å². The first kappa shape index (κ1) is 31.3. The molecule has 0 bridgehead atoms. The quantitative estimate of drug-likeness (QED) is 0.265. The number of nitrogens with one attached hydrogen (secondary N) is 3. The summed E-state index contributed by atoms with van der Waals surface area (Å²) in [5, 5.41) is 8.78. The van der Waals surface area contributed by atoms with Gasteiger partial charge in [-0.05, 0) is 55.4 Å². The molecule has 0 saturated carbocycles. The van der Waals surface area contributed by atoms with Gasteiger partial charge in [0.2, 0.25) is 23.5 Å². The van der Waals surface area contributed by atoms with Crippen molar-refractivity contribution in [3.63, 3.8) is 0 Å². The highest BCUT2D eigenvalue weighted by Crippen LogP contribution is 2.23. The molecule has 2 rings (SSSR count). The van der Waals surface area contributed by atoms with Gasteiger partial charge in [-0.25, -0.2) is 0 Å². The average molecular weight is 568 g/mol. The molecule has 208 valence electrons. The smallest absolute Gasteiger partial charge is 0.292 e. The Bertz CT molecular complexity index is 1080. The van der Waals surface area contributed by atoms with Crippen LogP contribution in [0.25, 0.3) is 6.08 Å². The number of amides is 4. The highest BCUT2D eigenvalue weighted by atomic mass is 35.5. The molecule has 1 saturated heterocycles. The number of hydrogen-bond donors (Lipinski definition) is 3. The summed E-state index contributed by atoms with van der Waals surface area (Å²) in [4.78, 5) is 65.0. The molecule has 0 aromatic heterocycles. The fraction of sp³-hybridized carbons (Fsp3) is 0.519. The first-order valence-electron chi connectivity index (χ1n) is 12.6. The minimum absolute atomic E-state index is 0.0405. The van der Waals surface area contributed by atoms with Crippen molar-refractivity contribution in [3.8, 4) is 0 Å². The van der Waals surface area contributed by atoms with Crippen LogP contribution in [-0.2, 0) is 24.0 Å². The molecule has 2 atom stereocenters. The second-order valence-corrected chi connectivity index (χ2v) is 11.2. The SMILES string of the molecule is CCNC(=O)CCC(NC(=O)[C@H](CC(C)(C)C)NC(=O)/C=C/c1ccc(Cl)cc1Cl)C(=O)C(=O)N1CCC1. The fourth-order valence-electron chi connectivity index (χ4n) is 3.77. The van der Waals surface area contributed by atoms with Gasteiger partial charge in [0.1, 0.15) is 6.04 Å². The van der Waals surface area contributed by atoms with Gasteiger partial charge in [-0.1, -0.05) is 50.0 Å². The van der Waals surface area contributed by atoms with E-state index in [0.29, 0.717) is 35.2 Å². The standard InChI is InChI=1S/C27H36Cl2N4O5/c1-5-30-22(34)12-10-20(24(36)26(38)33-13-6-14-33)32-25(37)21(16-27(2,3)4)31-23(35)11-8-17-7-9-18(28)15-19(17)29/h7-9,11,15,20-21H,5-6,10,12-14,16H2,1-4H3,(H,30,34)(H,31,35)(H,32,37)/b11-8+/t20?,21-/m0/s1. The van der Waals surface area contributed by atoms with Gasteiger partial charge in [0.05, 0.1) is 6.04 Å². The molecule has 0 radical (unpaired) electrons. The van der Waals surface area contributed by atoms with E-state index in [2.05, 4.69) is 16.0 Å². The van der Waals surface area contributed by atoms with Crippen LogP contribution >= 0.6 is 23.2 Å². The molecule has 1 aromatic rings. The first-order chi connectivity index (χ1) is 17.8. The van der Waals surface area contributed by atoms with E-state index in [9.17, 15) is 24.0 Å². The van der Waals surface area contributed by atoms with Crippen LogP contribution in [0.3, 0.4) is 0 Å². The molecule has 1 aliphatic rings. The van der Waals surface area contributed by atoms with Gasteiger partial charge in [-0.15, -0.1) is 0 Å². The largest absolute Gasteiger partial charge is 0.356 e. The Labute approximate surface area is 233 Å². The predicted octanol–water partition coefficient (Wildman–Crippen LogP) is 3.13. The number of ketones is 1. The fourth-order valence-corrected chi connectivity index (χ4v) is 4.24. The number of likely N-dealkylation sites (tertiary alicyclic amines) is 1. The Morgan fingerprint density at radius 2 is 1.74 bits per heavy atom. The van der Waals surface area contributed by atoms with Gasteiger partial charge >= 0.3 is 0 Å². The molecule has 0 aliphatic carbocycles. The minimum Gasteiger partial charge on any atom is -0.356 e. The molecule has 11 heteroatoms. The molecular weight excluding hydrogens is 531 g/mol. The van der Waals surface area contributed by atoms with Crippen LogP contribution in [0.15, 0.2) is 24.3 Å². The third-order valence-electron chi connectivity index (χ3n) is 5.85. The van der Waals surface area contributed by atoms with Crippen molar-refractivity contribution in [1.29, 1.82) is 0 Å². The third kappa shape index (κ3) is 10.1.